The number of esters is 1. The first-order valence-electron chi connectivity index (χ1n) is 9.04. The number of carbonyl (C=O) groups excluding carboxylic acids is 1. The van der Waals surface area contributed by atoms with Crippen molar-refractivity contribution in [2.24, 2.45) is 0 Å². The number of nitrogens with zero attached hydrogens (tertiary/aromatic N) is 3. The van der Waals surface area contributed by atoms with Crippen LogP contribution in [0.15, 0.2) is 53.3 Å². The Labute approximate surface area is 175 Å². The predicted molar refractivity (Wildman–Crippen MR) is 116 cm³/mol. The Morgan fingerprint density at radius 3 is 2.57 bits per heavy atom. The molecule has 0 aliphatic carbocycles. The molecule has 2 aromatic heterocycles. The monoisotopic (exact) mass is 419 g/mol. The second-order valence-electron chi connectivity index (χ2n) is 6.33. The highest BCUT2D eigenvalue weighted by molar-refractivity contribution is 7.15. The fourth-order valence-corrected chi connectivity index (χ4v) is 3.73. The number of benzene rings is 2. The molecule has 0 fully saturated rings. The SMILES string of the molecule is COc1cc(/C=c2/sc3nc(/C=C/c4ccccc4)nn3c2=O)ccc1OC(C)=O. The van der Waals surface area contributed by atoms with Crippen molar-refractivity contribution >= 4 is 40.5 Å². The van der Waals surface area contributed by atoms with Crippen molar-refractivity contribution in [1.82, 2.24) is 14.6 Å². The standard InChI is InChI=1S/C22H17N3O4S/c1-14(26)29-17-10-8-16(12-18(17)28-2)13-19-21(27)25-22(30-19)23-20(24-25)11-9-15-6-4-3-5-7-15/h3-13H,1-2H3/b11-9+,19-13+. The maximum Gasteiger partial charge on any atom is 0.308 e. The molecule has 0 saturated carbocycles. The van der Waals surface area contributed by atoms with Gasteiger partial charge in [0, 0.05) is 6.92 Å². The van der Waals surface area contributed by atoms with Gasteiger partial charge in [-0.2, -0.15) is 9.50 Å². The molecule has 0 atom stereocenters. The number of methoxy groups -OCH3 is 1. The van der Waals surface area contributed by atoms with Crippen molar-refractivity contribution in [3.8, 4) is 11.5 Å². The minimum Gasteiger partial charge on any atom is -0.493 e. The van der Waals surface area contributed by atoms with Gasteiger partial charge in [0.15, 0.2) is 17.3 Å². The van der Waals surface area contributed by atoms with Crippen molar-refractivity contribution in [1.29, 1.82) is 0 Å². The number of carbonyl (C=O) groups is 1. The highest BCUT2D eigenvalue weighted by atomic mass is 32.1. The number of aromatic nitrogens is 3. The molecule has 150 valence electrons. The first kappa shape index (κ1) is 19.5. The predicted octanol–water partition coefficient (Wildman–Crippen LogP) is 2.80. The third kappa shape index (κ3) is 4.13. The first-order chi connectivity index (χ1) is 14.5. The van der Waals surface area contributed by atoms with E-state index < -0.39 is 5.97 Å². The molecule has 2 heterocycles. The molecule has 0 saturated heterocycles. The summed E-state index contributed by atoms with van der Waals surface area (Å²) in [6.07, 6.45) is 5.40. The molecule has 0 bridgehead atoms. The average Bonchev–Trinajstić information content (AvgIpc) is 3.27. The Morgan fingerprint density at radius 2 is 1.87 bits per heavy atom. The van der Waals surface area contributed by atoms with Gasteiger partial charge < -0.3 is 9.47 Å². The third-order valence-electron chi connectivity index (χ3n) is 4.16. The van der Waals surface area contributed by atoms with E-state index in [4.69, 9.17) is 9.47 Å². The Morgan fingerprint density at radius 1 is 1.07 bits per heavy atom. The molecule has 0 amide bonds. The lowest BCUT2D eigenvalue weighted by atomic mass is 10.2. The first-order valence-corrected chi connectivity index (χ1v) is 9.86. The molecule has 30 heavy (non-hydrogen) atoms. The van der Waals surface area contributed by atoms with E-state index in [1.165, 1.54) is 29.9 Å². The molecule has 0 unspecified atom stereocenters. The van der Waals surface area contributed by atoms with E-state index in [-0.39, 0.29) is 5.56 Å². The largest absolute Gasteiger partial charge is 0.493 e. The van der Waals surface area contributed by atoms with Gasteiger partial charge in [0.25, 0.3) is 5.56 Å². The van der Waals surface area contributed by atoms with Crippen molar-refractivity contribution in [2.45, 2.75) is 6.92 Å². The van der Waals surface area contributed by atoms with Gasteiger partial charge in [0.05, 0.1) is 11.6 Å². The van der Waals surface area contributed by atoms with Crippen LogP contribution in [-0.4, -0.2) is 27.7 Å². The Bertz CT molecular complexity index is 1360. The summed E-state index contributed by atoms with van der Waals surface area (Å²) in [5.74, 6) is 0.761. The lowest BCUT2D eigenvalue weighted by molar-refractivity contribution is -0.132. The van der Waals surface area contributed by atoms with Gasteiger partial charge >= 0.3 is 5.97 Å². The molecule has 0 aliphatic heterocycles. The van der Waals surface area contributed by atoms with Gasteiger partial charge in [-0.15, -0.1) is 5.10 Å². The van der Waals surface area contributed by atoms with E-state index in [1.54, 1.807) is 30.4 Å². The maximum absolute atomic E-state index is 12.7. The van der Waals surface area contributed by atoms with Gasteiger partial charge in [-0.3, -0.25) is 9.59 Å². The summed E-state index contributed by atoms with van der Waals surface area (Å²) in [7, 11) is 1.48. The summed E-state index contributed by atoms with van der Waals surface area (Å²) in [5.41, 5.74) is 1.51. The number of hydrogen-bond donors (Lipinski definition) is 0. The normalized spacial score (nSPS) is 12.0. The Kier molecular flexibility index (Phi) is 5.40. The average molecular weight is 419 g/mol. The molecule has 0 radical (unpaired) electrons. The van der Waals surface area contributed by atoms with E-state index in [2.05, 4.69) is 10.1 Å². The van der Waals surface area contributed by atoms with Crippen LogP contribution in [0.5, 0.6) is 11.5 Å². The van der Waals surface area contributed by atoms with Crippen molar-refractivity contribution < 1.29 is 14.3 Å². The summed E-state index contributed by atoms with van der Waals surface area (Å²) in [6.45, 7) is 1.32. The summed E-state index contributed by atoms with van der Waals surface area (Å²) in [4.78, 5) is 28.8. The van der Waals surface area contributed by atoms with Gasteiger partial charge in [0.1, 0.15) is 0 Å². The molecule has 7 nitrogen and oxygen atoms in total. The van der Waals surface area contributed by atoms with E-state index >= 15 is 0 Å². The highest BCUT2D eigenvalue weighted by Crippen LogP contribution is 2.28. The fourth-order valence-electron chi connectivity index (χ4n) is 2.82. The van der Waals surface area contributed by atoms with Gasteiger partial charge in [0.2, 0.25) is 4.96 Å². The van der Waals surface area contributed by atoms with Crippen LogP contribution in [0.4, 0.5) is 0 Å². The van der Waals surface area contributed by atoms with Crippen LogP contribution in [0.25, 0.3) is 23.2 Å². The number of hydrogen-bond acceptors (Lipinski definition) is 7. The minimum atomic E-state index is -0.436. The van der Waals surface area contributed by atoms with E-state index in [1.807, 2.05) is 36.4 Å². The summed E-state index contributed by atoms with van der Waals surface area (Å²) in [6, 6.07) is 14.9. The fraction of sp³-hybridized carbons (Fsp3) is 0.0909. The summed E-state index contributed by atoms with van der Waals surface area (Å²) >= 11 is 1.25. The van der Waals surface area contributed by atoms with Crippen LogP contribution in [0.3, 0.4) is 0 Å². The quantitative estimate of drug-likeness (QED) is 0.365. The summed E-state index contributed by atoms with van der Waals surface area (Å²) < 4.78 is 12.2. The van der Waals surface area contributed by atoms with E-state index in [0.717, 1.165) is 11.1 Å². The second kappa shape index (κ2) is 8.30. The molecule has 8 heteroatoms. The topological polar surface area (TPSA) is 82.8 Å². The smallest absolute Gasteiger partial charge is 0.308 e. The summed E-state index contributed by atoms with van der Waals surface area (Å²) in [5, 5.41) is 4.28. The third-order valence-corrected chi connectivity index (χ3v) is 5.12. The van der Waals surface area contributed by atoms with Crippen molar-refractivity contribution in [3.05, 3.63) is 80.4 Å². The van der Waals surface area contributed by atoms with Crippen molar-refractivity contribution in [3.63, 3.8) is 0 Å². The number of ether oxygens (including phenoxy) is 2. The lowest BCUT2D eigenvalue weighted by Gasteiger charge is -2.08. The molecule has 4 rings (SSSR count). The van der Waals surface area contributed by atoms with Crippen LogP contribution in [-0.2, 0) is 4.79 Å². The Hall–Kier alpha value is -3.78. The van der Waals surface area contributed by atoms with Crippen LogP contribution >= 0.6 is 11.3 Å². The molecular formula is C22H17N3O4S. The lowest BCUT2D eigenvalue weighted by Crippen LogP contribution is -2.23. The van der Waals surface area contributed by atoms with E-state index in [0.29, 0.717) is 26.8 Å². The number of thiazole rings is 1. The maximum atomic E-state index is 12.7. The van der Waals surface area contributed by atoms with Gasteiger partial charge in [-0.25, -0.2) is 0 Å². The van der Waals surface area contributed by atoms with Crippen LogP contribution in [0.2, 0.25) is 0 Å². The molecule has 0 aliphatic rings. The Balaban J connectivity index is 1.65. The van der Waals surface area contributed by atoms with Gasteiger partial charge in [-0.05, 0) is 35.4 Å². The van der Waals surface area contributed by atoms with Crippen molar-refractivity contribution in [2.75, 3.05) is 7.11 Å². The minimum absolute atomic E-state index is 0.245. The van der Waals surface area contributed by atoms with Crippen LogP contribution < -0.4 is 19.6 Å². The van der Waals surface area contributed by atoms with E-state index in [9.17, 15) is 9.59 Å². The highest BCUT2D eigenvalue weighted by Gasteiger charge is 2.10. The van der Waals surface area contributed by atoms with Crippen LogP contribution in [0, 0.1) is 0 Å². The zero-order valence-corrected chi connectivity index (χ0v) is 17.1. The zero-order chi connectivity index (χ0) is 21.1. The molecule has 2 aromatic carbocycles. The molecular weight excluding hydrogens is 402 g/mol. The number of rotatable bonds is 5. The zero-order valence-electron chi connectivity index (χ0n) is 16.2. The molecule has 4 aromatic rings. The van der Waals surface area contributed by atoms with Crippen LogP contribution in [0.1, 0.15) is 23.9 Å². The second-order valence-corrected chi connectivity index (χ2v) is 7.34. The molecule has 0 spiro atoms. The number of fused-ring (bicyclic) bond motifs is 1. The molecule has 0 N–H and O–H groups in total. The van der Waals surface area contributed by atoms with Gasteiger partial charge in [-0.1, -0.05) is 53.8 Å².